The molecule has 122 valence electrons. The van der Waals surface area contributed by atoms with E-state index in [0.29, 0.717) is 0 Å². The van der Waals surface area contributed by atoms with Crippen molar-refractivity contribution in [3.8, 4) is 0 Å². The van der Waals surface area contributed by atoms with E-state index in [9.17, 15) is 0 Å². The van der Waals surface area contributed by atoms with Gasteiger partial charge in [0.15, 0.2) is 0 Å². The van der Waals surface area contributed by atoms with Gasteiger partial charge in [-0.25, -0.2) is 0 Å². The van der Waals surface area contributed by atoms with Crippen LogP contribution >= 0.6 is 23.2 Å². The van der Waals surface area contributed by atoms with Crippen LogP contribution in [0.4, 0.5) is 0 Å². The monoisotopic (exact) mass is 348 g/mol. The number of halogens is 2. The molecule has 0 bridgehead atoms. The molecule has 1 saturated heterocycles. The van der Waals surface area contributed by atoms with E-state index in [1.165, 1.54) is 24.0 Å². The molecule has 0 N–H and O–H groups in total. The van der Waals surface area contributed by atoms with Gasteiger partial charge in [-0.05, 0) is 61.3 Å². The van der Waals surface area contributed by atoms with Crippen LogP contribution in [0.15, 0.2) is 48.5 Å². The van der Waals surface area contributed by atoms with E-state index in [1.54, 1.807) is 0 Å². The van der Waals surface area contributed by atoms with Gasteiger partial charge in [0, 0.05) is 23.1 Å². The van der Waals surface area contributed by atoms with Crippen molar-refractivity contribution in [1.29, 1.82) is 0 Å². The van der Waals surface area contributed by atoms with E-state index in [1.807, 2.05) is 24.3 Å². The molecule has 0 unspecified atom stereocenters. The molecule has 3 rings (SSSR count). The van der Waals surface area contributed by atoms with E-state index in [-0.39, 0.29) is 0 Å². The summed E-state index contributed by atoms with van der Waals surface area (Å²) in [6.45, 7) is 5.16. The number of hydrogen-bond acceptors (Lipinski definition) is 2. The van der Waals surface area contributed by atoms with Gasteiger partial charge >= 0.3 is 0 Å². The molecule has 0 saturated carbocycles. The molecule has 2 aromatic rings. The first-order valence-corrected chi connectivity index (χ1v) is 8.88. The Morgan fingerprint density at radius 1 is 0.739 bits per heavy atom. The minimum absolute atomic E-state index is 0.813. The van der Waals surface area contributed by atoms with Crippen molar-refractivity contribution in [2.24, 2.45) is 0 Å². The van der Waals surface area contributed by atoms with Crippen LogP contribution in [0.1, 0.15) is 24.0 Å². The Kier molecular flexibility index (Phi) is 5.96. The van der Waals surface area contributed by atoms with E-state index < -0.39 is 0 Å². The van der Waals surface area contributed by atoms with Crippen molar-refractivity contribution >= 4 is 23.2 Å². The van der Waals surface area contributed by atoms with Gasteiger partial charge in [0.25, 0.3) is 0 Å². The standard InChI is InChI=1S/C19H22Cl2N2/c20-18-7-3-5-16(11-18)13-22-9-1-2-10-23(15-22)14-17-6-4-8-19(21)12-17/h3-8,11-12H,1-2,9-10,13-15H2. The minimum Gasteiger partial charge on any atom is -0.286 e. The SMILES string of the molecule is Clc1cccc(CN2CCCCN(Cc3cccc(Cl)c3)C2)c1. The molecule has 1 aliphatic rings. The second-order valence-electron chi connectivity index (χ2n) is 6.21. The minimum atomic E-state index is 0.813. The fraction of sp³-hybridized carbons (Fsp3) is 0.368. The zero-order valence-corrected chi connectivity index (χ0v) is 14.7. The van der Waals surface area contributed by atoms with Gasteiger partial charge in [0.05, 0.1) is 6.67 Å². The van der Waals surface area contributed by atoms with Gasteiger partial charge in [0.2, 0.25) is 0 Å². The summed E-state index contributed by atoms with van der Waals surface area (Å²) in [5, 5.41) is 1.63. The molecule has 1 heterocycles. The number of benzene rings is 2. The number of hydrogen-bond donors (Lipinski definition) is 0. The smallest absolute Gasteiger partial charge is 0.0512 e. The lowest BCUT2D eigenvalue weighted by Crippen LogP contribution is -2.35. The third kappa shape index (κ3) is 5.22. The highest BCUT2D eigenvalue weighted by Gasteiger charge is 2.16. The van der Waals surface area contributed by atoms with Crippen LogP contribution in [-0.2, 0) is 13.1 Å². The quantitative estimate of drug-likeness (QED) is 0.762. The number of rotatable bonds is 4. The molecule has 2 nitrogen and oxygen atoms in total. The summed E-state index contributed by atoms with van der Waals surface area (Å²) in [5.41, 5.74) is 2.56. The topological polar surface area (TPSA) is 6.48 Å². The van der Waals surface area contributed by atoms with Crippen molar-refractivity contribution < 1.29 is 0 Å². The lowest BCUT2D eigenvalue weighted by molar-refractivity contribution is 0.143. The molecular weight excluding hydrogens is 327 g/mol. The molecule has 1 aliphatic heterocycles. The van der Waals surface area contributed by atoms with Crippen molar-refractivity contribution in [2.75, 3.05) is 19.8 Å². The third-order valence-corrected chi connectivity index (χ3v) is 4.66. The second-order valence-corrected chi connectivity index (χ2v) is 7.09. The lowest BCUT2D eigenvalue weighted by atomic mass is 10.2. The first-order chi connectivity index (χ1) is 11.2. The summed E-state index contributed by atoms with van der Waals surface area (Å²) < 4.78 is 0. The highest BCUT2D eigenvalue weighted by atomic mass is 35.5. The Morgan fingerprint density at radius 2 is 1.22 bits per heavy atom. The van der Waals surface area contributed by atoms with Crippen LogP contribution in [0.3, 0.4) is 0 Å². The van der Waals surface area contributed by atoms with Crippen LogP contribution in [-0.4, -0.2) is 29.6 Å². The van der Waals surface area contributed by atoms with Crippen molar-refractivity contribution in [1.82, 2.24) is 9.80 Å². The van der Waals surface area contributed by atoms with Gasteiger partial charge in [-0.15, -0.1) is 0 Å². The highest BCUT2D eigenvalue weighted by molar-refractivity contribution is 6.30. The second kappa shape index (κ2) is 8.16. The van der Waals surface area contributed by atoms with Crippen molar-refractivity contribution in [3.05, 3.63) is 69.7 Å². The molecule has 0 radical (unpaired) electrons. The van der Waals surface area contributed by atoms with E-state index >= 15 is 0 Å². The average Bonchev–Trinajstić information content (AvgIpc) is 2.72. The fourth-order valence-electron chi connectivity index (χ4n) is 3.14. The molecule has 0 aromatic heterocycles. The Hall–Kier alpha value is -1.06. The molecule has 0 aliphatic carbocycles. The Morgan fingerprint density at radius 3 is 1.65 bits per heavy atom. The van der Waals surface area contributed by atoms with E-state index in [4.69, 9.17) is 23.2 Å². The van der Waals surface area contributed by atoms with Crippen molar-refractivity contribution in [3.63, 3.8) is 0 Å². The van der Waals surface area contributed by atoms with Gasteiger partial charge < -0.3 is 0 Å². The van der Waals surface area contributed by atoms with E-state index in [0.717, 1.165) is 42.9 Å². The predicted molar refractivity (Wildman–Crippen MR) is 97.8 cm³/mol. The highest BCUT2D eigenvalue weighted by Crippen LogP contribution is 2.18. The molecular formula is C19H22Cl2N2. The maximum absolute atomic E-state index is 6.10. The third-order valence-electron chi connectivity index (χ3n) is 4.19. The summed E-state index contributed by atoms with van der Waals surface area (Å²) in [5.74, 6) is 0. The van der Waals surface area contributed by atoms with Gasteiger partial charge in [-0.2, -0.15) is 0 Å². The predicted octanol–water partition coefficient (Wildman–Crippen LogP) is 5.05. The first kappa shape index (κ1) is 16.8. The fourth-order valence-corrected chi connectivity index (χ4v) is 3.57. The Balaban J connectivity index is 1.63. The number of nitrogens with zero attached hydrogens (tertiary/aromatic N) is 2. The largest absolute Gasteiger partial charge is 0.286 e. The molecule has 0 atom stereocenters. The van der Waals surface area contributed by atoms with Gasteiger partial charge in [-0.3, -0.25) is 9.80 Å². The van der Waals surface area contributed by atoms with Gasteiger partial charge in [0.1, 0.15) is 0 Å². The maximum atomic E-state index is 6.10. The van der Waals surface area contributed by atoms with Crippen LogP contribution in [0.2, 0.25) is 10.0 Å². The Bertz CT molecular complexity index is 589. The molecule has 23 heavy (non-hydrogen) atoms. The first-order valence-electron chi connectivity index (χ1n) is 8.13. The average molecular weight is 349 g/mol. The molecule has 4 heteroatoms. The molecule has 0 spiro atoms. The van der Waals surface area contributed by atoms with Crippen molar-refractivity contribution in [2.45, 2.75) is 25.9 Å². The van der Waals surface area contributed by atoms with Crippen LogP contribution in [0.5, 0.6) is 0 Å². The van der Waals surface area contributed by atoms with Crippen LogP contribution in [0.25, 0.3) is 0 Å². The Labute approximate surface area is 148 Å². The van der Waals surface area contributed by atoms with Crippen LogP contribution < -0.4 is 0 Å². The summed E-state index contributed by atoms with van der Waals surface area (Å²) in [6, 6.07) is 16.3. The summed E-state index contributed by atoms with van der Waals surface area (Å²) in [4.78, 5) is 5.01. The molecule has 1 fully saturated rings. The molecule has 0 amide bonds. The normalized spacial score (nSPS) is 17.1. The zero-order valence-electron chi connectivity index (χ0n) is 13.2. The van der Waals surface area contributed by atoms with Crippen LogP contribution in [0, 0.1) is 0 Å². The zero-order chi connectivity index (χ0) is 16.1. The summed E-state index contributed by atoms with van der Waals surface area (Å²) in [6.07, 6.45) is 2.49. The van der Waals surface area contributed by atoms with E-state index in [2.05, 4.69) is 34.1 Å². The molecule has 2 aromatic carbocycles. The summed E-state index contributed by atoms with van der Waals surface area (Å²) >= 11 is 12.2. The van der Waals surface area contributed by atoms with Gasteiger partial charge in [-0.1, -0.05) is 47.5 Å². The maximum Gasteiger partial charge on any atom is 0.0512 e. The lowest BCUT2D eigenvalue weighted by Gasteiger charge is -2.27. The summed E-state index contributed by atoms with van der Waals surface area (Å²) in [7, 11) is 0.